The van der Waals surface area contributed by atoms with E-state index in [-0.39, 0.29) is 76.6 Å². The Bertz CT molecular complexity index is 2120. The summed E-state index contributed by atoms with van der Waals surface area (Å²) in [6.07, 6.45) is -1.57. The van der Waals surface area contributed by atoms with Gasteiger partial charge in [0.25, 0.3) is 11.8 Å². The summed E-state index contributed by atoms with van der Waals surface area (Å²) >= 11 is 6.09. The second kappa shape index (κ2) is 13.8. The molecule has 276 valence electrons. The SMILES string of the molecule is CCc1c(N2CCN(C(=O)c3ncnc(C)c3O)CC2CC)c(=O)c2nc(N3CC(F)(F)C3)cnc2n1CC(=O)Nc1ccc(C(F)(F)F)cc1Cl. The number of benzene rings is 1. The largest absolute Gasteiger partial charge is 0.504 e. The van der Waals surface area contributed by atoms with E-state index in [4.69, 9.17) is 11.6 Å². The van der Waals surface area contributed by atoms with Crippen molar-refractivity contribution in [2.75, 3.05) is 47.8 Å². The summed E-state index contributed by atoms with van der Waals surface area (Å²) in [6, 6.07) is 2.07. The topological polar surface area (TPSA) is 150 Å². The Labute approximate surface area is 298 Å². The van der Waals surface area contributed by atoms with Crippen LogP contribution in [0.3, 0.4) is 0 Å². The normalized spacial score (nSPS) is 17.3. The molecule has 1 atom stereocenters. The van der Waals surface area contributed by atoms with Gasteiger partial charge in [-0.2, -0.15) is 13.2 Å². The molecule has 4 aromatic rings. The van der Waals surface area contributed by atoms with Gasteiger partial charge in [-0.3, -0.25) is 14.4 Å². The number of anilines is 3. The number of nitrogens with one attached hydrogen (secondary N) is 1. The van der Waals surface area contributed by atoms with E-state index in [0.29, 0.717) is 18.2 Å². The number of aromatic nitrogens is 5. The number of hydrogen-bond donors (Lipinski definition) is 2. The molecule has 2 N–H and O–H groups in total. The first kappa shape index (κ1) is 36.7. The van der Waals surface area contributed by atoms with Crippen LogP contribution >= 0.6 is 11.6 Å². The summed E-state index contributed by atoms with van der Waals surface area (Å²) < 4.78 is 68.6. The van der Waals surface area contributed by atoms with Crippen molar-refractivity contribution >= 4 is 51.8 Å². The zero-order valence-corrected chi connectivity index (χ0v) is 28.9. The van der Waals surface area contributed by atoms with Crippen molar-refractivity contribution in [2.24, 2.45) is 0 Å². The zero-order chi connectivity index (χ0) is 37.7. The van der Waals surface area contributed by atoms with Gasteiger partial charge >= 0.3 is 6.18 Å². The fourth-order valence-electron chi connectivity index (χ4n) is 6.46. The van der Waals surface area contributed by atoms with Crippen LogP contribution in [0.4, 0.5) is 39.1 Å². The highest BCUT2D eigenvalue weighted by molar-refractivity contribution is 6.33. The highest BCUT2D eigenvalue weighted by Crippen LogP contribution is 2.35. The third-order valence-electron chi connectivity index (χ3n) is 9.14. The lowest BCUT2D eigenvalue weighted by atomic mass is 10.0. The number of aromatic hydroxyl groups is 1. The van der Waals surface area contributed by atoms with Crippen LogP contribution in [-0.2, 0) is 23.9 Å². The highest BCUT2D eigenvalue weighted by atomic mass is 35.5. The van der Waals surface area contributed by atoms with Crippen molar-refractivity contribution in [1.29, 1.82) is 0 Å². The van der Waals surface area contributed by atoms with E-state index in [1.807, 2.05) is 11.8 Å². The van der Waals surface area contributed by atoms with Crippen molar-refractivity contribution in [1.82, 2.24) is 29.4 Å². The van der Waals surface area contributed by atoms with Crippen LogP contribution in [-0.4, -0.2) is 91.0 Å². The molecule has 13 nitrogen and oxygen atoms in total. The Balaban J connectivity index is 1.39. The molecule has 1 unspecified atom stereocenters. The van der Waals surface area contributed by atoms with Crippen molar-refractivity contribution in [2.45, 2.75) is 58.3 Å². The van der Waals surface area contributed by atoms with E-state index in [1.165, 1.54) is 33.8 Å². The lowest BCUT2D eigenvalue weighted by Gasteiger charge is -2.43. The molecule has 2 saturated heterocycles. The van der Waals surface area contributed by atoms with Gasteiger partial charge in [-0.15, -0.1) is 0 Å². The monoisotopic (exact) mass is 749 g/mol. The predicted molar refractivity (Wildman–Crippen MR) is 181 cm³/mol. The van der Waals surface area contributed by atoms with E-state index in [0.717, 1.165) is 12.1 Å². The van der Waals surface area contributed by atoms with Gasteiger partial charge in [-0.05, 0) is 38.0 Å². The quantitative estimate of drug-likeness (QED) is 0.244. The molecule has 2 fully saturated rings. The van der Waals surface area contributed by atoms with Crippen molar-refractivity contribution in [3.63, 3.8) is 0 Å². The predicted octanol–water partition coefficient (Wildman–Crippen LogP) is 4.67. The maximum Gasteiger partial charge on any atom is 0.416 e. The number of fused-ring (bicyclic) bond motifs is 1. The molecule has 3 aromatic heterocycles. The van der Waals surface area contributed by atoms with Gasteiger partial charge in [-0.1, -0.05) is 25.4 Å². The summed E-state index contributed by atoms with van der Waals surface area (Å²) in [5.74, 6) is -4.45. The molecule has 2 amide bonds. The standard InChI is InChI=1S/C33H33ClF5N9O4/c1-4-19-12-45(31(52)26-28(50)17(3)41-16-42-26)8-9-47(19)27-22(5-2)48(13-24(49)43-21-7-6-18(10-20(21)34)33(37,38)39)30-25(29(27)51)44-23(11-40-30)46-14-32(35,36)15-46/h6-7,10-11,16,19,50H,4-5,8-9,12-15H2,1-3H3,(H,43,49). The maximum atomic E-state index is 14.4. The first-order valence-corrected chi connectivity index (χ1v) is 16.7. The molecule has 2 aliphatic heterocycles. The van der Waals surface area contributed by atoms with Gasteiger partial charge in [-0.25, -0.2) is 28.7 Å². The number of pyridine rings is 1. The average molecular weight is 750 g/mol. The van der Waals surface area contributed by atoms with Crippen LogP contribution in [0.2, 0.25) is 5.02 Å². The Hall–Kier alpha value is -5.13. The van der Waals surface area contributed by atoms with Crippen LogP contribution in [0.15, 0.2) is 35.5 Å². The molecule has 0 aliphatic carbocycles. The van der Waals surface area contributed by atoms with E-state index in [1.54, 1.807) is 6.92 Å². The van der Waals surface area contributed by atoms with E-state index in [9.17, 15) is 41.4 Å². The van der Waals surface area contributed by atoms with E-state index >= 15 is 0 Å². The summed E-state index contributed by atoms with van der Waals surface area (Å²) in [5.41, 5.74) is -1.19. The van der Waals surface area contributed by atoms with Crippen molar-refractivity contribution in [3.05, 3.63) is 68.6 Å². The zero-order valence-electron chi connectivity index (χ0n) is 28.1. The first-order chi connectivity index (χ1) is 24.5. The number of piperazine rings is 1. The van der Waals surface area contributed by atoms with Gasteiger partial charge in [0.15, 0.2) is 22.6 Å². The van der Waals surface area contributed by atoms with E-state index < -0.39 is 60.6 Å². The Kier molecular flexibility index (Phi) is 9.71. The van der Waals surface area contributed by atoms with Crippen LogP contribution in [0.1, 0.15) is 47.7 Å². The second-order valence-electron chi connectivity index (χ2n) is 12.6. The molecule has 0 radical (unpaired) electrons. The van der Waals surface area contributed by atoms with Crippen molar-refractivity contribution in [3.8, 4) is 5.75 Å². The number of nitrogens with zero attached hydrogens (tertiary/aromatic N) is 8. The number of aryl methyl sites for hydroxylation is 1. The van der Waals surface area contributed by atoms with E-state index in [2.05, 4.69) is 25.3 Å². The summed E-state index contributed by atoms with van der Waals surface area (Å²) in [4.78, 5) is 62.7. The highest BCUT2D eigenvalue weighted by Gasteiger charge is 2.45. The Morgan fingerprint density at radius 2 is 1.85 bits per heavy atom. The number of carbonyl (C=O) groups excluding carboxylic acids is 2. The molecule has 2 aliphatic rings. The van der Waals surface area contributed by atoms with Crippen LogP contribution in [0.25, 0.3) is 11.2 Å². The first-order valence-electron chi connectivity index (χ1n) is 16.3. The molecule has 6 rings (SSSR count). The van der Waals surface area contributed by atoms with Gasteiger partial charge in [0.05, 0.1) is 41.3 Å². The summed E-state index contributed by atoms with van der Waals surface area (Å²) in [6.45, 7) is 3.88. The number of rotatable bonds is 8. The van der Waals surface area contributed by atoms with Gasteiger partial charge in [0.2, 0.25) is 11.3 Å². The lowest BCUT2D eigenvalue weighted by Crippen LogP contribution is -2.57. The third-order valence-corrected chi connectivity index (χ3v) is 9.45. The number of amides is 2. The van der Waals surface area contributed by atoms with Gasteiger partial charge < -0.3 is 29.7 Å². The van der Waals surface area contributed by atoms with Gasteiger partial charge in [0, 0.05) is 31.4 Å². The molecule has 0 spiro atoms. The fourth-order valence-corrected chi connectivity index (χ4v) is 6.68. The minimum Gasteiger partial charge on any atom is -0.504 e. The van der Waals surface area contributed by atoms with Crippen LogP contribution in [0.5, 0.6) is 5.75 Å². The fraction of sp³-hybridized carbons (Fsp3) is 0.424. The van der Waals surface area contributed by atoms with Crippen molar-refractivity contribution < 1.29 is 36.6 Å². The molecule has 5 heterocycles. The number of halogens is 6. The molecule has 52 heavy (non-hydrogen) atoms. The van der Waals surface area contributed by atoms with Gasteiger partial charge in [0.1, 0.15) is 24.4 Å². The number of hydrogen-bond acceptors (Lipinski definition) is 10. The lowest BCUT2D eigenvalue weighted by molar-refractivity contribution is -0.137. The molecular weight excluding hydrogens is 717 g/mol. The smallest absolute Gasteiger partial charge is 0.416 e. The van der Waals surface area contributed by atoms with Crippen LogP contribution < -0.4 is 20.5 Å². The molecule has 0 saturated carbocycles. The summed E-state index contributed by atoms with van der Waals surface area (Å²) in [5, 5.41) is 12.6. The van der Waals surface area contributed by atoms with Crippen LogP contribution in [0, 0.1) is 6.92 Å². The number of alkyl halides is 5. The number of carbonyl (C=O) groups is 2. The minimum atomic E-state index is -4.65. The molecular formula is C33H33ClF5N9O4. The maximum absolute atomic E-state index is 14.4. The molecule has 1 aromatic carbocycles. The average Bonchev–Trinajstić information content (AvgIpc) is 3.09. The minimum absolute atomic E-state index is 0.00762. The third kappa shape index (κ3) is 6.90. The molecule has 19 heteroatoms. The molecule has 0 bridgehead atoms. The second-order valence-corrected chi connectivity index (χ2v) is 13.0. The summed E-state index contributed by atoms with van der Waals surface area (Å²) in [7, 11) is 0. The Morgan fingerprint density at radius 1 is 1.12 bits per heavy atom. The Morgan fingerprint density at radius 3 is 2.48 bits per heavy atom.